The summed E-state index contributed by atoms with van der Waals surface area (Å²) in [5, 5.41) is 0. The summed E-state index contributed by atoms with van der Waals surface area (Å²) in [6, 6.07) is 68.7. The van der Waals surface area contributed by atoms with Crippen molar-refractivity contribution in [1.82, 2.24) is 0 Å². The molecule has 0 aliphatic carbocycles. The van der Waals surface area contributed by atoms with E-state index in [1.54, 1.807) is 16.8 Å². The first-order valence-electron chi connectivity index (χ1n) is 18.3. The van der Waals surface area contributed by atoms with E-state index in [0.29, 0.717) is 16.9 Å². The summed E-state index contributed by atoms with van der Waals surface area (Å²) >= 11 is 0. The third-order valence-corrected chi connectivity index (χ3v) is 9.98. The summed E-state index contributed by atoms with van der Waals surface area (Å²) in [6.45, 7) is 0. The number of carbonyl (C=O) groups is 2. The number of amides is 2. The van der Waals surface area contributed by atoms with E-state index in [1.165, 1.54) is 0 Å². The molecule has 4 nitrogen and oxygen atoms in total. The zero-order valence-electron chi connectivity index (χ0n) is 30.4. The molecule has 0 saturated heterocycles. The van der Waals surface area contributed by atoms with E-state index in [4.69, 9.17) is 0 Å². The zero-order valence-corrected chi connectivity index (χ0v) is 30.4. The number of hydrogen-bond donors (Lipinski definition) is 0. The van der Waals surface area contributed by atoms with Crippen LogP contribution in [-0.4, -0.2) is 19.4 Å². The van der Waals surface area contributed by atoms with Crippen LogP contribution in [0, 0.1) is 0 Å². The van der Waals surface area contributed by atoms with Gasteiger partial charge in [-0.25, -0.2) is 0 Å². The third-order valence-electron chi connectivity index (χ3n) is 9.98. The number of para-hydroxylation sites is 2. The van der Waals surface area contributed by atoms with Gasteiger partial charge in [-0.1, -0.05) is 164 Å². The van der Waals surface area contributed by atoms with Crippen LogP contribution in [0.25, 0.3) is 55.6 Å². The number of nitrogens with zero attached hydrogens (tertiary/aromatic N) is 2. The summed E-state index contributed by atoms with van der Waals surface area (Å²) in [4.78, 5) is 31.7. The van der Waals surface area contributed by atoms with Crippen LogP contribution in [-0.2, 0) is 4.79 Å². The Morgan fingerprint density at radius 3 is 1.27 bits per heavy atom. The predicted molar refractivity (Wildman–Crippen MR) is 227 cm³/mol. The molecule has 0 bridgehead atoms. The molecule has 0 saturated carbocycles. The molecule has 0 unspecified atom stereocenters. The van der Waals surface area contributed by atoms with E-state index in [-0.39, 0.29) is 5.91 Å². The van der Waals surface area contributed by atoms with Gasteiger partial charge in [0.2, 0.25) is 6.41 Å². The lowest BCUT2D eigenvalue weighted by molar-refractivity contribution is -0.106. The lowest BCUT2D eigenvalue weighted by Crippen LogP contribution is -2.29. The molecule has 0 N–H and O–H groups in total. The maximum Gasteiger partial charge on any atom is 0.260 e. The smallest absolute Gasteiger partial charge is 0.260 e. The Kier molecular flexibility index (Phi) is 9.95. The summed E-state index contributed by atoms with van der Waals surface area (Å²) in [6.07, 6.45) is 0.801. The maximum atomic E-state index is 15.1. The molecule has 0 heterocycles. The van der Waals surface area contributed by atoms with Crippen LogP contribution < -0.4 is 9.80 Å². The minimum absolute atomic E-state index is 0.244. The van der Waals surface area contributed by atoms with Crippen molar-refractivity contribution in [2.24, 2.45) is 0 Å². The van der Waals surface area contributed by atoms with Crippen molar-refractivity contribution < 1.29 is 9.59 Å². The molecular formula is C51H38N2O2. The van der Waals surface area contributed by atoms with Crippen LogP contribution in [0.3, 0.4) is 0 Å². The Bertz CT molecular complexity index is 2530. The van der Waals surface area contributed by atoms with Crippen molar-refractivity contribution >= 4 is 29.4 Å². The highest BCUT2D eigenvalue weighted by Crippen LogP contribution is 2.40. The first-order valence-corrected chi connectivity index (χ1v) is 18.3. The molecule has 0 aliphatic rings. The van der Waals surface area contributed by atoms with Crippen molar-refractivity contribution in [3.8, 4) is 55.6 Å². The highest BCUT2D eigenvalue weighted by Gasteiger charge is 2.25. The molecular weight excluding hydrogens is 673 g/mol. The molecule has 0 atom stereocenters. The van der Waals surface area contributed by atoms with Gasteiger partial charge in [0.05, 0.1) is 22.6 Å². The van der Waals surface area contributed by atoms with Crippen molar-refractivity contribution in [3.63, 3.8) is 0 Å². The summed E-state index contributed by atoms with van der Waals surface area (Å²) < 4.78 is 0. The van der Waals surface area contributed by atoms with Crippen molar-refractivity contribution in [2.45, 2.75) is 0 Å². The van der Waals surface area contributed by atoms with Gasteiger partial charge in [0, 0.05) is 18.2 Å². The van der Waals surface area contributed by atoms with E-state index in [0.717, 1.165) is 67.7 Å². The van der Waals surface area contributed by atoms with Gasteiger partial charge in [-0.05, 0) is 87.0 Å². The molecule has 0 aromatic heterocycles. The minimum atomic E-state index is -0.244. The van der Waals surface area contributed by atoms with Gasteiger partial charge >= 0.3 is 0 Å². The second kappa shape index (κ2) is 15.7. The van der Waals surface area contributed by atoms with Crippen LogP contribution in [0.1, 0.15) is 10.4 Å². The van der Waals surface area contributed by atoms with E-state index >= 15 is 4.79 Å². The fourth-order valence-electron chi connectivity index (χ4n) is 7.19. The van der Waals surface area contributed by atoms with E-state index in [2.05, 4.69) is 42.5 Å². The molecule has 8 aromatic rings. The Balaban J connectivity index is 1.32. The van der Waals surface area contributed by atoms with Crippen LogP contribution in [0.4, 0.5) is 17.1 Å². The van der Waals surface area contributed by atoms with Crippen molar-refractivity contribution in [3.05, 3.63) is 212 Å². The van der Waals surface area contributed by atoms with Crippen LogP contribution >= 0.6 is 0 Å². The number of rotatable bonds is 10. The number of carbonyl (C=O) groups excluding carboxylic acids is 2. The fraction of sp³-hybridized carbons (Fsp3) is 0.0196. The van der Waals surface area contributed by atoms with Gasteiger partial charge in [-0.15, -0.1) is 0 Å². The van der Waals surface area contributed by atoms with Crippen LogP contribution in [0.2, 0.25) is 0 Å². The Morgan fingerprint density at radius 2 is 0.782 bits per heavy atom. The average molecular weight is 711 g/mol. The lowest BCUT2D eigenvalue weighted by Gasteiger charge is -2.27. The maximum absolute atomic E-state index is 15.1. The standard InChI is InChI=1S/C51H38N2O2/c1-52(48-28-16-14-26-45(48)39-22-10-4-11-23-39)51(55)47-35-41(30-31-50(47)53(36-54)49-29-17-15-27-46(49)40-24-12-5-13-25-40)44-33-42(37-18-6-2-7-19-37)32-43(34-44)38-20-8-3-9-21-38/h2-36H,1H3. The Morgan fingerprint density at radius 1 is 0.382 bits per heavy atom. The lowest BCUT2D eigenvalue weighted by atomic mass is 9.92. The number of benzene rings is 8. The normalized spacial score (nSPS) is 10.8. The molecule has 55 heavy (non-hydrogen) atoms. The molecule has 8 rings (SSSR count). The molecule has 264 valence electrons. The zero-order chi connectivity index (χ0) is 37.6. The molecule has 0 radical (unpaired) electrons. The van der Waals surface area contributed by atoms with Gasteiger partial charge in [-0.2, -0.15) is 0 Å². The SMILES string of the molecule is CN(C(=O)c1cc(-c2cc(-c3ccccc3)cc(-c3ccccc3)c2)ccc1N(C=O)c1ccccc1-c1ccccc1)c1ccccc1-c1ccccc1. The van der Waals surface area contributed by atoms with Crippen LogP contribution in [0.15, 0.2) is 206 Å². The van der Waals surface area contributed by atoms with Gasteiger partial charge in [0.1, 0.15) is 0 Å². The molecule has 8 aromatic carbocycles. The second-order valence-electron chi connectivity index (χ2n) is 13.4. The quantitative estimate of drug-likeness (QED) is 0.133. The summed E-state index contributed by atoms with van der Waals surface area (Å²) in [7, 11) is 1.80. The van der Waals surface area contributed by atoms with Gasteiger partial charge in [0.15, 0.2) is 0 Å². The van der Waals surface area contributed by atoms with Gasteiger partial charge < -0.3 is 4.90 Å². The number of anilines is 3. The first kappa shape index (κ1) is 34.8. The summed E-state index contributed by atoms with van der Waals surface area (Å²) in [5.74, 6) is -0.244. The van der Waals surface area contributed by atoms with E-state index in [1.807, 2.05) is 164 Å². The largest absolute Gasteiger partial charge is 0.311 e. The molecule has 2 amide bonds. The second-order valence-corrected chi connectivity index (χ2v) is 13.4. The third kappa shape index (κ3) is 7.22. The molecule has 0 spiro atoms. The average Bonchev–Trinajstić information content (AvgIpc) is 3.27. The highest BCUT2D eigenvalue weighted by molar-refractivity contribution is 6.14. The Hall–Kier alpha value is -7.30. The van der Waals surface area contributed by atoms with Gasteiger partial charge in [-0.3, -0.25) is 14.5 Å². The van der Waals surface area contributed by atoms with Crippen molar-refractivity contribution in [1.29, 1.82) is 0 Å². The molecule has 0 aliphatic heterocycles. The topological polar surface area (TPSA) is 40.6 Å². The Labute approximate surface area is 322 Å². The van der Waals surface area contributed by atoms with Gasteiger partial charge in [0.25, 0.3) is 5.91 Å². The number of hydrogen-bond acceptors (Lipinski definition) is 2. The van der Waals surface area contributed by atoms with E-state index < -0.39 is 0 Å². The van der Waals surface area contributed by atoms with Crippen molar-refractivity contribution in [2.75, 3.05) is 16.8 Å². The minimum Gasteiger partial charge on any atom is -0.311 e. The molecule has 4 heteroatoms. The summed E-state index contributed by atoms with van der Waals surface area (Å²) in [5.41, 5.74) is 12.2. The highest BCUT2D eigenvalue weighted by atomic mass is 16.2. The monoisotopic (exact) mass is 710 g/mol. The molecule has 0 fully saturated rings. The predicted octanol–water partition coefficient (Wildman–Crippen LogP) is 12.6. The fourth-order valence-corrected chi connectivity index (χ4v) is 7.19. The van der Waals surface area contributed by atoms with Crippen LogP contribution in [0.5, 0.6) is 0 Å². The first-order chi connectivity index (χ1) is 27.1. The van der Waals surface area contributed by atoms with E-state index in [9.17, 15) is 4.79 Å².